The van der Waals surface area contributed by atoms with Crippen molar-refractivity contribution < 1.29 is 9.47 Å². The molecular formula is C15H23NO2. The van der Waals surface area contributed by atoms with Crippen molar-refractivity contribution in [1.29, 1.82) is 0 Å². The van der Waals surface area contributed by atoms with Crippen LogP contribution in [0.2, 0.25) is 0 Å². The molecule has 0 amide bonds. The lowest BCUT2D eigenvalue weighted by molar-refractivity contribution is 0.392. The van der Waals surface area contributed by atoms with Crippen molar-refractivity contribution in [2.45, 2.75) is 26.3 Å². The second kappa shape index (κ2) is 6.10. The molecule has 0 aliphatic heterocycles. The summed E-state index contributed by atoms with van der Waals surface area (Å²) in [7, 11) is 3.36. The average Bonchev–Trinajstić information content (AvgIpc) is 3.22. The van der Waals surface area contributed by atoms with E-state index in [1.54, 1.807) is 14.2 Å². The van der Waals surface area contributed by atoms with Crippen LogP contribution >= 0.6 is 0 Å². The number of hydrogen-bond acceptors (Lipinski definition) is 3. The molecule has 3 nitrogen and oxygen atoms in total. The molecule has 100 valence electrons. The van der Waals surface area contributed by atoms with Gasteiger partial charge in [0.2, 0.25) is 0 Å². The highest BCUT2D eigenvalue weighted by Crippen LogP contribution is 2.36. The van der Waals surface area contributed by atoms with Gasteiger partial charge >= 0.3 is 0 Å². The molecule has 1 atom stereocenters. The van der Waals surface area contributed by atoms with Gasteiger partial charge in [-0.1, -0.05) is 6.92 Å². The first-order chi connectivity index (χ1) is 8.72. The second-order valence-corrected chi connectivity index (χ2v) is 5.17. The van der Waals surface area contributed by atoms with Gasteiger partial charge in [-0.15, -0.1) is 0 Å². The minimum absolute atomic E-state index is 0.789. The number of hydrogen-bond donors (Lipinski definition) is 1. The van der Waals surface area contributed by atoms with Crippen LogP contribution in [0, 0.1) is 11.8 Å². The summed E-state index contributed by atoms with van der Waals surface area (Å²) >= 11 is 0. The Bertz CT molecular complexity index is 366. The first-order valence-corrected chi connectivity index (χ1v) is 6.65. The molecule has 1 aromatic carbocycles. The lowest BCUT2D eigenvalue weighted by atomic mass is 10.1. The quantitative estimate of drug-likeness (QED) is 0.806. The molecule has 0 spiro atoms. The lowest BCUT2D eigenvalue weighted by Crippen LogP contribution is -2.21. The van der Waals surface area contributed by atoms with Crippen LogP contribution in [0.15, 0.2) is 18.2 Å². The van der Waals surface area contributed by atoms with Crippen LogP contribution in [0.25, 0.3) is 0 Å². The van der Waals surface area contributed by atoms with E-state index in [1.807, 2.05) is 6.07 Å². The maximum atomic E-state index is 5.27. The van der Waals surface area contributed by atoms with E-state index in [0.717, 1.165) is 36.4 Å². The summed E-state index contributed by atoms with van der Waals surface area (Å²) in [6, 6.07) is 6.00. The molecule has 1 aliphatic carbocycles. The fourth-order valence-corrected chi connectivity index (χ4v) is 2.24. The van der Waals surface area contributed by atoms with Crippen LogP contribution in [-0.2, 0) is 6.54 Å². The topological polar surface area (TPSA) is 30.5 Å². The fraction of sp³-hybridized carbons (Fsp3) is 0.600. The molecular weight excluding hydrogens is 226 g/mol. The lowest BCUT2D eigenvalue weighted by Gasteiger charge is -2.12. The molecule has 1 saturated carbocycles. The van der Waals surface area contributed by atoms with Crippen LogP contribution < -0.4 is 14.8 Å². The standard InChI is InChI=1S/C15H23NO2/c1-11(13-4-5-13)9-16-10-12-6-14(17-2)8-15(7-12)18-3/h6-8,11,13,16H,4-5,9-10H2,1-3H3. The highest BCUT2D eigenvalue weighted by molar-refractivity contribution is 5.38. The molecule has 0 saturated heterocycles. The molecule has 1 fully saturated rings. The van der Waals surface area contributed by atoms with Crippen molar-refractivity contribution in [3.05, 3.63) is 23.8 Å². The summed E-state index contributed by atoms with van der Waals surface area (Å²) in [6.45, 7) is 4.28. The van der Waals surface area contributed by atoms with Crippen LogP contribution in [0.4, 0.5) is 0 Å². The predicted molar refractivity (Wildman–Crippen MR) is 73.1 cm³/mol. The zero-order valence-corrected chi connectivity index (χ0v) is 11.5. The smallest absolute Gasteiger partial charge is 0.122 e. The third-order valence-electron chi connectivity index (χ3n) is 3.63. The Hall–Kier alpha value is -1.22. The van der Waals surface area contributed by atoms with Gasteiger partial charge in [-0.2, -0.15) is 0 Å². The van der Waals surface area contributed by atoms with Crippen molar-refractivity contribution >= 4 is 0 Å². The summed E-state index contributed by atoms with van der Waals surface area (Å²) in [5, 5.41) is 3.51. The van der Waals surface area contributed by atoms with E-state index >= 15 is 0 Å². The summed E-state index contributed by atoms with van der Waals surface area (Å²) in [6.07, 6.45) is 2.83. The largest absolute Gasteiger partial charge is 0.497 e. The normalized spacial score (nSPS) is 16.4. The Morgan fingerprint density at radius 3 is 2.28 bits per heavy atom. The third-order valence-corrected chi connectivity index (χ3v) is 3.63. The van der Waals surface area contributed by atoms with Gasteiger partial charge in [0.25, 0.3) is 0 Å². The van der Waals surface area contributed by atoms with E-state index in [2.05, 4.69) is 24.4 Å². The predicted octanol–water partition coefficient (Wildman–Crippen LogP) is 2.84. The molecule has 1 aliphatic rings. The van der Waals surface area contributed by atoms with E-state index in [9.17, 15) is 0 Å². The molecule has 0 radical (unpaired) electrons. The molecule has 0 heterocycles. The number of benzene rings is 1. The number of nitrogens with one attached hydrogen (secondary N) is 1. The minimum atomic E-state index is 0.789. The third kappa shape index (κ3) is 3.64. The molecule has 3 heteroatoms. The Balaban J connectivity index is 1.87. The van der Waals surface area contributed by atoms with Crippen molar-refractivity contribution in [3.8, 4) is 11.5 Å². The van der Waals surface area contributed by atoms with Gasteiger partial charge < -0.3 is 14.8 Å². The van der Waals surface area contributed by atoms with E-state index in [1.165, 1.54) is 18.4 Å². The monoisotopic (exact) mass is 249 g/mol. The maximum absolute atomic E-state index is 5.27. The van der Waals surface area contributed by atoms with Crippen LogP contribution in [-0.4, -0.2) is 20.8 Å². The molecule has 0 aromatic heterocycles. The van der Waals surface area contributed by atoms with E-state index in [0.29, 0.717) is 0 Å². The van der Waals surface area contributed by atoms with Gasteiger partial charge in [0.05, 0.1) is 14.2 Å². The zero-order chi connectivity index (χ0) is 13.0. The first-order valence-electron chi connectivity index (χ1n) is 6.65. The summed E-state index contributed by atoms with van der Waals surface area (Å²) < 4.78 is 10.5. The first kappa shape index (κ1) is 13.2. The number of ether oxygens (including phenoxy) is 2. The number of methoxy groups -OCH3 is 2. The Kier molecular flexibility index (Phi) is 4.48. The van der Waals surface area contributed by atoms with E-state index in [-0.39, 0.29) is 0 Å². The Morgan fingerprint density at radius 2 is 1.78 bits per heavy atom. The van der Waals surface area contributed by atoms with Gasteiger partial charge in [-0.3, -0.25) is 0 Å². The van der Waals surface area contributed by atoms with Gasteiger partial charge in [0.15, 0.2) is 0 Å². The van der Waals surface area contributed by atoms with Crippen LogP contribution in [0.1, 0.15) is 25.3 Å². The van der Waals surface area contributed by atoms with Crippen molar-refractivity contribution in [2.75, 3.05) is 20.8 Å². The molecule has 1 aromatic rings. The minimum Gasteiger partial charge on any atom is -0.497 e. The van der Waals surface area contributed by atoms with Gasteiger partial charge in [0, 0.05) is 12.6 Å². The molecule has 2 rings (SSSR count). The highest BCUT2D eigenvalue weighted by Gasteiger charge is 2.27. The van der Waals surface area contributed by atoms with Crippen LogP contribution in [0.3, 0.4) is 0 Å². The van der Waals surface area contributed by atoms with Crippen molar-refractivity contribution in [3.63, 3.8) is 0 Å². The molecule has 1 N–H and O–H groups in total. The molecule has 0 bridgehead atoms. The zero-order valence-electron chi connectivity index (χ0n) is 11.5. The maximum Gasteiger partial charge on any atom is 0.122 e. The summed E-state index contributed by atoms with van der Waals surface area (Å²) in [4.78, 5) is 0. The van der Waals surface area contributed by atoms with E-state index in [4.69, 9.17) is 9.47 Å². The SMILES string of the molecule is COc1cc(CNCC(C)C2CC2)cc(OC)c1. The van der Waals surface area contributed by atoms with Gasteiger partial charge in [-0.05, 0) is 48.9 Å². The Morgan fingerprint density at radius 1 is 1.17 bits per heavy atom. The van der Waals surface area contributed by atoms with Crippen LogP contribution in [0.5, 0.6) is 11.5 Å². The number of rotatable bonds is 7. The van der Waals surface area contributed by atoms with Crippen molar-refractivity contribution in [1.82, 2.24) is 5.32 Å². The average molecular weight is 249 g/mol. The fourth-order valence-electron chi connectivity index (χ4n) is 2.24. The second-order valence-electron chi connectivity index (χ2n) is 5.17. The highest BCUT2D eigenvalue weighted by atomic mass is 16.5. The Labute approximate surface area is 109 Å². The molecule has 18 heavy (non-hydrogen) atoms. The molecule has 1 unspecified atom stereocenters. The van der Waals surface area contributed by atoms with E-state index < -0.39 is 0 Å². The summed E-state index contributed by atoms with van der Waals surface area (Å²) in [5.41, 5.74) is 1.20. The van der Waals surface area contributed by atoms with Gasteiger partial charge in [-0.25, -0.2) is 0 Å². The van der Waals surface area contributed by atoms with Crippen molar-refractivity contribution in [2.24, 2.45) is 11.8 Å². The summed E-state index contributed by atoms with van der Waals surface area (Å²) in [5.74, 6) is 3.44. The van der Waals surface area contributed by atoms with Gasteiger partial charge in [0.1, 0.15) is 11.5 Å².